The third-order valence-corrected chi connectivity index (χ3v) is 5.33. The van der Waals surface area contributed by atoms with E-state index in [0.29, 0.717) is 0 Å². The van der Waals surface area contributed by atoms with Crippen LogP contribution >= 0.6 is 11.8 Å². The summed E-state index contributed by atoms with van der Waals surface area (Å²) in [6.07, 6.45) is 0. The molecule has 1 aliphatic carbocycles. The first kappa shape index (κ1) is 15.9. The van der Waals surface area contributed by atoms with E-state index in [1.54, 1.807) is 23.9 Å². The van der Waals surface area contributed by atoms with Crippen molar-refractivity contribution in [3.05, 3.63) is 76.5 Å². The summed E-state index contributed by atoms with van der Waals surface area (Å²) in [4.78, 5) is 19.2. The summed E-state index contributed by atoms with van der Waals surface area (Å²) in [6, 6.07) is 19.8. The van der Waals surface area contributed by atoms with Gasteiger partial charge < -0.3 is 4.57 Å². The standard InChI is InChI=1S/C21H18N2OS/c1-3-23-18-7-5-4-6-17(18)22-21-19(23)12-15(24)13-20(21)25-16-10-8-14(2)9-11-16/h4-13H,3H2,1-2H3. The van der Waals surface area contributed by atoms with Crippen LogP contribution in [0.25, 0.3) is 22.4 Å². The van der Waals surface area contributed by atoms with E-state index < -0.39 is 0 Å². The number of aryl methyl sites for hydroxylation is 2. The first-order chi connectivity index (χ1) is 12.2. The van der Waals surface area contributed by atoms with Crippen molar-refractivity contribution in [2.45, 2.75) is 30.2 Å². The summed E-state index contributed by atoms with van der Waals surface area (Å²) in [5.74, 6) is 0. The Morgan fingerprint density at radius 2 is 1.80 bits per heavy atom. The predicted octanol–water partition coefficient (Wildman–Crippen LogP) is 4.98. The van der Waals surface area contributed by atoms with Crippen LogP contribution in [0.3, 0.4) is 0 Å². The molecule has 1 heterocycles. The quantitative estimate of drug-likeness (QED) is 0.491. The molecule has 4 rings (SSSR count). The van der Waals surface area contributed by atoms with Crippen LogP contribution in [0.1, 0.15) is 12.5 Å². The minimum atomic E-state index is 0.0152. The summed E-state index contributed by atoms with van der Waals surface area (Å²) >= 11 is 1.59. The van der Waals surface area contributed by atoms with Gasteiger partial charge in [-0.05, 0) is 38.1 Å². The Labute approximate surface area is 150 Å². The Hall–Kier alpha value is -2.59. The Balaban J connectivity index is 1.96. The maximum Gasteiger partial charge on any atom is 0.182 e. The smallest absolute Gasteiger partial charge is 0.182 e. The van der Waals surface area contributed by atoms with Crippen molar-refractivity contribution >= 4 is 22.8 Å². The molecule has 2 aromatic rings. The fourth-order valence-electron chi connectivity index (χ4n) is 3.08. The third-order valence-electron chi connectivity index (χ3n) is 4.29. The van der Waals surface area contributed by atoms with Crippen molar-refractivity contribution < 1.29 is 0 Å². The van der Waals surface area contributed by atoms with Crippen LogP contribution in [0.5, 0.6) is 0 Å². The minimum Gasteiger partial charge on any atom is -0.338 e. The minimum absolute atomic E-state index is 0.0152. The first-order valence-electron chi connectivity index (χ1n) is 8.33. The lowest BCUT2D eigenvalue weighted by atomic mass is 10.1. The maximum atomic E-state index is 12.3. The van der Waals surface area contributed by atoms with Crippen molar-refractivity contribution in [2.24, 2.45) is 0 Å². The van der Waals surface area contributed by atoms with Gasteiger partial charge in [0.1, 0.15) is 5.69 Å². The van der Waals surface area contributed by atoms with Crippen LogP contribution in [0, 0.1) is 6.92 Å². The number of rotatable bonds is 3. The SMILES string of the molecule is CCn1c2cc(=O)cc(Sc3ccc(C)cc3)c-2nc2ccccc21. The van der Waals surface area contributed by atoms with Gasteiger partial charge in [-0.15, -0.1) is 0 Å². The van der Waals surface area contributed by atoms with Gasteiger partial charge in [0.25, 0.3) is 0 Å². The molecule has 0 aromatic heterocycles. The van der Waals surface area contributed by atoms with Crippen molar-refractivity contribution in [3.63, 3.8) is 0 Å². The van der Waals surface area contributed by atoms with Crippen molar-refractivity contribution in [2.75, 3.05) is 0 Å². The lowest BCUT2D eigenvalue weighted by Gasteiger charge is -2.19. The molecule has 3 nitrogen and oxygen atoms in total. The fourth-order valence-corrected chi connectivity index (χ4v) is 4.02. The molecule has 0 amide bonds. The van der Waals surface area contributed by atoms with Gasteiger partial charge in [-0.2, -0.15) is 0 Å². The first-order valence-corrected chi connectivity index (χ1v) is 9.15. The molecule has 124 valence electrons. The molecule has 4 heteroatoms. The molecular formula is C21H18N2OS. The molecule has 0 N–H and O–H groups in total. The topological polar surface area (TPSA) is 34.9 Å². The van der Waals surface area contributed by atoms with Crippen LogP contribution in [0.15, 0.2) is 75.2 Å². The molecule has 2 aromatic carbocycles. The van der Waals surface area contributed by atoms with Crippen molar-refractivity contribution in [3.8, 4) is 11.4 Å². The van der Waals surface area contributed by atoms with E-state index in [0.717, 1.165) is 38.8 Å². The molecule has 2 aliphatic rings. The molecule has 0 radical (unpaired) electrons. The molecule has 0 spiro atoms. The van der Waals surface area contributed by atoms with Crippen molar-refractivity contribution in [1.29, 1.82) is 0 Å². The summed E-state index contributed by atoms with van der Waals surface area (Å²) < 4.78 is 2.16. The molecule has 0 fully saturated rings. The van der Waals surface area contributed by atoms with Gasteiger partial charge in [0.15, 0.2) is 5.43 Å². The van der Waals surface area contributed by atoms with Gasteiger partial charge in [-0.25, -0.2) is 4.98 Å². The van der Waals surface area contributed by atoms with Gasteiger partial charge in [-0.3, -0.25) is 4.79 Å². The van der Waals surface area contributed by atoms with E-state index in [4.69, 9.17) is 4.98 Å². The average Bonchev–Trinajstić information content (AvgIpc) is 2.62. The van der Waals surface area contributed by atoms with E-state index in [9.17, 15) is 4.79 Å². The van der Waals surface area contributed by atoms with Gasteiger partial charge >= 0.3 is 0 Å². The number of fused-ring (bicyclic) bond motifs is 2. The van der Waals surface area contributed by atoms with Gasteiger partial charge in [0, 0.05) is 28.5 Å². The summed E-state index contributed by atoms with van der Waals surface area (Å²) in [6.45, 7) is 4.95. The molecule has 0 unspecified atom stereocenters. The predicted molar refractivity (Wildman–Crippen MR) is 104 cm³/mol. The van der Waals surface area contributed by atoms with Crippen molar-refractivity contribution in [1.82, 2.24) is 9.55 Å². The number of hydrogen-bond donors (Lipinski definition) is 0. The lowest BCUT2D eigenvalue weighted by Crippen LogP contribution is -2.11. The summed E-state index contributed by atoms with van der Waals surface area (Å²) in [5, 5.41) is 0. The monoisotopic (exact) mass is 346 g/mol. The van der Waals surface area contributed by atoms with Crippen LogP contribution in [0.4, 0.5) is 0 Å². The van der Waals surface area contributed by atoms with Gasteiger partial charge in [0.05, 0.1) is 16.7 Å². The number of para-hydroxylation sites is 2. The van der Waals surface area contributed by atoms with E-state index in [2.05, 4.69) is 48.7 Å². The van der Waals surface area contributed by atoms with Crippen LogP contribution in [0.2, 0.25) is 0 Å². The Bertz CT molecular complexity index is 1080. The second-order valence-corrected chi connectivity index (χ2v) is 7.16. The normalized spacial score (nSPS) is 11.3. The molecule has 25 heavy (non-hydrogen) atoms. The molecular weight excluding hydrogens is 328 g/mol. The van der Waals surface area contributed by atoms with E-state index in [-0.39, 0.29) is 5.43 Å². The van der Waals surface area contributed by atoms with Gasteiger partial charge in [-0.1, -0.05) is 41.6 Å². The average molecular weight is 346 g/mol. The van der Waals surface area contributed by atoms with Crippen LogP contribution in [-0.2, 0) is 6.54 Å². The number of aromatic nitrogens is 2. The van der Waals surface area contributed by atoms with Crippen LogP contribution < -0.4 is 5.43 Å². The third kappa shape index (κ3) is 2.94. The highest BCUT2D eigenvalue weighted by atomic mass is 32.2. The molecule has 1 aliphatic heterocycles. The largest absolute Gasteiger partial charge is 0.338 e. The number of nitrogens with zero attached hydrogens (tertiary/aromatic N) is 2. The summed E-state index contributed by atoms with van der Waals surface area (Å²) in [7, 11) is 0. The van der Waals surface area contributed by atoms with E-state index in [1.165, 1.54) is 5.56 Å². The number of hydrogen-bond acceptors (Lipinski definition) is 3. The lowest BCUT2D eigenvalue weighted by molar-refractivity contribution is 0.787. The molecule has 0 saturated carbocycles. The molecule has 0 bridgehead atoms. The number of benzene rings is 3. The highest BCUT2D eigenvalue weighted by molar-refractivity contribution is 7.99. The molecule has 0 saturated heterocycles. The highest BCUT2D eigenvalue weighted by Gasteiger charge is 2.17. The Kier molecular flexibility index (Phi) is 4.06. The zero-order valence-corrected chi connectivity index (χ0v) is 15.0. The van der Waals surface area contributed by atoms with Crippen LogP contribution in [-0.4, -0.2) is 9.55 Å². The second-order valence-electron chi connectivity index (χ2n) is 6.05. The zero-order valence-electron chi connectivity index (χ0n) is 14.2. The Morgan fingerprint density at radius 1 is 1.04 bits per heavy atom. The van der Waals surface area contributed by atoms with E-state index >= 15 is 0 Å². The molecule has 0 atom stereocenters. The zero-order chi connectivity index (χ0) is 17.4. The van der Waals surface area contributed by atoms with Gasteiger partial charge in [0.2, 0.25) is 0 Å². The summed E-state index contributed by atoms with van der Waals surface area (Å²) in [5.41, 5.74) is 5.01. The fraction of sp³-hybridized carbons (Fsp3) is 0.143. The Morgan fingerprint density at radius 3 is 2.56 bits per heavy atom. The van der Waals surface area contributed by atoms with E-state index in [1.807, 2.05) is 18.2 Å². The second kappa shape index (κ2) is 6.37. The maximum absolute atomic E-state index is 12.3. The highest BCUT2D eigenvalue weighted by Crippen LogP contribution is 2.36.